The summed E-state index contributed by atoms with van der Waals surface area (Å²) in [7, 11) is 1.79. The summed E-state index contributed by atoms with van der Waals surface area (Å²) in [6.45, 7) is 6.64. The van der Waals surface area contributed by atoms with Crippen molar-refractivity contribution in [3.63, 3.8) is 0 Å². The van der Waals surface area contributed by atoms with E-state index < -0.39 is 0 Å². The molecule has 1 N–H and O–H groups in total. The zero-order valence-electron chi connectivity index (χ0n) is 13.4. The quantitative estimate of drug-likeness (QED) is 0.837. The van der Waals surface area contributed by atoms with Crippen LogP contribution in [-0.2, 0) is 4.74 Å². The second-order valence-corrected chi connectivity index (χ2v) is 5.35. The highest BCUT2D eigenvalue weighted by molar-refractivity contribution is 5.44. The van der Waals surface area contributed by atoms with Crippen molar-refractivity contribution in [3.8, 4) is 11.5 Å². The molecule has 0 amide bonds. The fourth-order valence-corrected chi connectivity index (χ4v) is 2.76. The second-order valence-electron chi connectivity index (χ2n) is 5.35. The molecule has 2 rings (SSSR count). The van der Waals surface area contributed by atoms with Gasteiger partial charge in [-0.3, -0.25) is 0 Å². The SMILES string of the molecule is CCCC(OC)C(NCC)c1ccc2c(c1)OCCCO2. The number of likely N-dealkylation sites (N-methyl/N-ethyl adjacent to an activating group) is 1. The third-order valence-corrected chi connectivity index (χ3v) is 3.80. The number of fused-ring (bicyclic) bond motifs is 1. The van der Waals surface area contributed by atoms with Gasteiger partial charge in [0.2, 0.25) is 0 Å². The third kappa shape index (κ3) is 4.11. The summed E-state index contributed by atoms with van der Waals surface area (Å²) in [6.07, 6.45) is 3.23. The van der Waals surface area contributed by atoms with E-state index in [0.29, 0.717) is 6.61 Å². The van der Waals surface area contributed by atoms with Gasteiger partial charge < -0.3 is 19.5 Å². The zero-order chi connectivity index (χ0) is 15.1. The molecule has 2 unspecified atom stereocenters. The first kappa shape index (κ1) is 16.1. The lowest BCUT2D eigenvalue weighted by Crippen LogP contribution is -2.33. The summed E-state index contributed by atoms with van der Waals surface area (Å²) < 4.78 is 17.2. The molecule has 1 aliphatic rings. The first-order valence-electron chi connectivity index (χ1n) is 7.95. The van der Waals surface area contributed by atoms with Gasteiger partial charge in [0.25, 0.3) is 0 Å². The molecule has 1 aromatic rings. The van der Waals surface area contributed by atoms with Crippen molar-refractivity contribution in [1.82, 2.24) is 5.32 Å². The topological polar surface area (TPSA) is 39.7 Å². The van der Waals surface area contributed by atoms with Gasteiger partial charge in [0, 0.05) is 13.5 Å². The largest absolute Gasteiger partial charge is 0.490 e. The minimum absolute atomic E-state index is 0.166. The van der Waals surface area contributed by atoms with Crippen LogP contribution in [0, 0.1) is 0 Å². The van der Waals surface area contributed by atoms with Crippen LogP contribution in [-0.4, -0.2) is 33.0 Å². The zero-order valence-corrected chi connectivity index (χ0v) is 13.4. The number of methoxy groups -OCH3 is 1. The molecule has 1 heterocycles. The van der Waals surface area contributed by atoms with Crippen LogP contribution in [0.3, 0.4) is 0 Å². The lowest BCUT2D eigenvalue weighted by atomic mass is 9.97. The maximum Gasteiger partial charge on any atom is 0.161 e. The minimum Gasteiger partial charge on any atom is -0.490 e. The van der Waals surface area contributed by atoms with Gasteiger partial charge in [0.15, 0.2) is 11.5 Å². The highest BCUT2D eigenvalue weighted by Gasteiger charge is 2.23. The summed E-state index contributed by atoms with van der Waals surface area (Å²) in [6, 6.07) is 6.40. The van der Waals surface area contributed by atoms with Crippen molar-refractivity contribution in [2.24, 2.45) is 0 Å². The Morgan fingerprint density at radius 2 is 1.95 bits per heavy atom. The number of hydrogen-bond acceptors (Lipinski definition) is 4. The van der Waals surface area contributed by atoms with Crippen molar-refractivity contribution < 1.29 is 14.2 Å². The van der Waals surface area contributed by atoms with Gasteiger partial charge in [0.1, 0.15) is 0 Å². The number of ether oxygens (including phenoxy) is 3. The van der Waals surface area contributed by atoms with E-state index in [-0.39, 0.29) is 12.1 Å². The molecule has 21 heavy (non-hydrogen) atoms. The average molecular weight is 293 g/mol. The Labute approximate surface area is 127 Å². The molecular weight excluding hydrogens is 266 g/mol. The van der Waals surface area contributed by atoms with Crippen LogP contribution in [0.15, 0.2) is 18.2 Å². The molecule has 0 aromatic heterocycles. The van der Waals surface area contributed by atoms with E-state index in [2.05, 4.69) is 31.3 Å². The second kappa shape index (κ2) is 8.25. The summed E-state index contributed by atoms with van der Waals surface area (Å²) in [5, 5.41) is 3.54. The van der Waals surface area contributed by atoms with Crippen LogP contribution in [0.25, 0.3) is 0 Å². The van der Waals surface area contributed by atoms with Gasteiger partial charge in [-0.2, -0.15) is 0 Å². The van der Waals surface area contributed by atoms with Gasteiger partial charge in [-0.15, -0.1) is 0 Å². The van der Waals surface area contributed by atoms with Crippen LogP contribution in [0.5, 0.6) is 11.5 Å². The summed E-state index contributed by atoms with van der Waals surface area (Å²) in [5.74, 6) is 1.69. The van der Waals surface area contributed by atoms with Gasteiger partial charge >= 0.3 is 0 Å². The van der Waals surface area contributed by atoms with Crippen molar-refractivity contribution in [3.05, 3.63) is 23.8 Å². The number of nitrogens with one attached hydrogen (secondary N) is 1. The van der Waals surface area contributed by atoms with E-state index in [0.717, 1.165) is 43.9 Å². The number of rotatable bonds is 7. The van der Waals surface area contributed by atoms with E-state index >= 15 is 0 Å². The Balaban J connectivity index is 2.25. The lowest BCUT2D eigenvalue weighted by molar-refractivity contribution is 0.0610. The maximum absolute atomic E-state index is 5.80. The molecule has 4 nitrogen and oxygen atoms in total. The van der Waals surface area contributed by atoms with E-state index in [1.165, 1.54) is 5.56 Å². The Hall–Kier alpha value is -1.26. The number of benzene rings is 1. The monoisotopic (exact) mass is 293 g/mol. The van der Waals surface area contributed by atoms with E-state index in [1.807, 2.05) is 6.07 Å². The fourth-order valence-electron chi connectivity index (χ4n) is 2.76. The fraction of sp³-hybridized carbons (Fsp3) is 0.647. The smallest absolute Gasteiger partial charge is 0.161 e. The Morgan fingerprint density at radius 3 is 2.62 bits per heavy atom. The van der Waals surface area contributed by atoms with Crippen LogP contribution >= 0.6 is 0 Å². The average Bonchev–Trinajstić information content (AvgIpc) is 2.75. The maximum atomic E-state index is 5.80. The van der Waals surface area contributed by atoms with E-state index in [9.17, 15) is 0 Å². The van der Waals surface area contributed by atoms with Crippen molar-refractivity contribution in [2.75, 3.05) is 26.9 Å². The molecule has 0 saturated carbocycles. The van der Waals surface area contributed by atoms with Crippen LogP contribution in [0.4, 0.5) is 0 Å². The molecule has 0 bridgehead atoms. The molecule has 118 valence electrons. The lowest BCUT2D eigenvalue weighted by Gasteiger charge is -2.27. The first-order valence-corrected chi connectivity index (χ1v) is 7.95. The molecule has 0 radical (unpaired) electrons. The molecule has 0 saturated heterocycles. The van der Waals surface area contributed by atoms with Gasteiger partial charge in [-0.05, 0) is 30.7 Å². The molecule has 2 atom stereocenters. The molecule has 4 heteroatoms. The third-order valence-electron chi connectivity index (χ3n) is 3.80. The van der Waals surface area contributed by atoms with Gasteiger partial charge in [-0.1, -0.05) is 26.3 Å². The Bertz CT molecular complexity index is 436. The van der Waals surface area contributed by atoms with Crippen LogP contribution in [0.2, 0.25) is 0 Å². The molecule has 1 aliphatic heterocycles. The molecule has 1 aromatic carbocycles. The molecular formula is C17H27NO3. The van der Waals surface area contributed by atoms with Crippen LogP contribution < -0.4 is 14.8 Å². The highest BCUT2D eigenvalue weighted by Crippen LogP contribution is 2.34. The summed E-state index contributed by atoms with van der Waals surface area (Å²) in [4.78, 5) is 0. The van der Waals surface area contributed by atoms with E-state index in [1.54, 1.807) is 7.11 Å². The van der Waals surface area contributed by atoms with Crippen molar-refractivity contribution in [2.45, 2.75) is 45.3 Å². The Kier molecular flexibility index (Phi) is 6.33. The standard InChI is InChI=1S/C17H27NO3/c1-4-7-15(19-3)17(18-5-2)13-8-9-14-16(12-13)21-11-6-10-20-14/h8-9,12,15,17-18H,4-7,10-11H2,1-3H3. The minimum atomic E-state index is 0.166. The number of hydrogen-bond donors (Lipinski definition) is 1. The molecule has 0 spiro atoms. The van der Waals surface area contributed by atoms with Crippen molar-refractivity contribution >= 4 is 0 Å². The molecule has 0 aliphatic carbocycles. The van der Waals surface area contributed by atoms with Gasteiger partial charge in [-0.25, -0.2) is 0 Å². The van der Waals surface area contributed by atoms with Gasteiger partial charge in [0.05, 0.1) is 25.4 Å². The predicted molar refractivity (Wildman–Crippen MR) is 84.2 cm³/mol. The Morgan fingerprint density at radius 1 is 1.19 bits per heavy atom. The van der Waals surface area contributed by atoms with E-state index in [4.69, 9.17) is 14.2 Å². The summed E-state index contributed by atoms with van der Waals surface area (Å²) in [5.41, 5.74) is 1.20. The highest BCUT2D eigenvalue weighted by atomic mass is 16.5. The van der Waals surface area contributed by atoms with Crippen LogP contribution in [0.1, 0.15) is 44.7 Å². The molecule has 0 fully saturated rings. The first-order chi connectivity index (χ1) is 10.3. The van der Waals surface area contributed by atoms with Crippen molar-refractivity contribution in [1.29, 1.82) is 0 Å². The summed E-state index contributed by atoms with van der Waals surface area (Å²) >= 11 is 0. The normalized spacial score (nSPS) is 17.1. The predicted octanol–water partition coefficient (Wildman–Crippen LogP) is 3.31.